The van der Waals surface area contributed by atoms with Crippen molar-refractivity contribution < 1.29 is 68.8 Å². The summed E-state index contributed by atoms with van der Waals surface area (Å²) in [5.41, 5.74) is 0. The zero-order valence-electron chi connectivity index (χ0n) is 13.6. The van der Waals surface area contributed by atoms with Crippen molar-refractivity contribution in [2.24, 2.45) is 0 Å². The van der Waals surface area contributed by atoms with Crippen LogP contribution in [0.5, 0.6) is 0 Å². The van der Waals surface area contributed by atoms with Gasteiger partial charge in [-0.1, -0.05) is 0 Å². The molecular weight excluding hydrogens is 399 g/mol. The van der Waals surface area contributed by atoms with Gasteiger partial charge in [-0.05, 0) is 0 Å². The monoisotopic (exact) mass is 420 g/mol. The van der Waals surface area contributed by atoms with Crippen molar-refractivity contribution in [3.8, 4) is 0 Å². The summed E-state index contributed by atoms with van der Waals surface area (Å²) in [6, 6.07) is 0. The summed E-state index contributed by atoms with van der Waals surface area (Å²) in [7, 11) is -5.42. The molecule has 2 saturated heterocycles. The molecule has 0 aliphatic carbocycles. The lowest BCUT2D eigenvalue weighted by atomic mass is 9.97. The van der Waals surface area contributed by atoms with E-state index in [-0.39, 0.29) is 0 Å². The standard InChI is InChI=1S/C12H23O14P/c13-1-3-10(7(16)8(17)11(19)24-3)26-12-9(18)6(15)5(14)4(25-12)2-23-27(20,21)22/h3-19H,1-2H2,(H2,20,21,22)/p-2/t3-,4-,5-,6+,7-,8-,9-,10-,11-,12-/m1/s1. The molecule has 0 amide bonds. The maximum atomic E-state index is 10.6. The normalized spacial score (nSPS) is 46.4. The van der Waals surface area contributed by atoms with Crippen molar-refractivity contribution >= 4 is 7.82 Å². The lowest BCUT2D eigenvalue weighted by molar-refractivity contribution is -0.362. The summed E-state index contributed by atoms with van der Waals surface area (Å²) in [5.74, 6) is 0. The van der Waals surface area contributed by atoms with Crippen LogP contribution in [0, 0.1) is 0 Å². The first-order valence-corrected chi connectivity index (χ1v) is 9.24. The van der Waals surface area contributed by atoms with E-state index in [0.717, 1.165) is 0 Å². The van der Waals surface area contributed by atoms with Gasteiger partial charge >= 0.3 is 0 Å². The fraction of sp³-hybridized carbons (Fsp3) is 1.00. The molecule has 14 nitrogen and oxygen atoms in total. The Bertz CT molecular complexity index is 526. The second kappa shape index (κ2) is 9.02. The Kier molecular flexibility index (Phi) is 7.68. The Hall–Kier alpha value is -0.290. The Labute approximate surface area is 152 Å². The average molecular weight is 420 g/mol. The summed E-state index contributed by atoms with van der Waals surface area (Å²) in [6.07, 6.45) is -17.5. The topological polar surface area (TPSA) is 242 Å². The highest BCUT2D eigenvalue weighted by Gasteiger charge is 2.50. The van der Waals surface area contributed by atoms with E-state index in [1.165, 1.54) is 0 Å². The van der Waals surface area contributed by atoms with Crippen LogP contribution < -0.4 is 9.79 Å². The van der Waals surface area contributed by atoms with E-state index >= 15 is 0 Å². The first-order valence-electron chi connectivity index (χ1n) is 7.78. The van der Waals surface area contributed by atoms with Crippen LogP contribution in [0.2, 0.25) is 0 Å². The molecule has 0 aromatic heterocycles. The van der Waals surface area contributed by atoms with Gasteiger partial charge in [0.05, 0.1) is 21.0 Å². The third-order valence-corrected chi connectivity index (χ3v) is 4.66. The number of hydrogen-bond acceptors (Lipinski definition) is 14. The molecule has 2 rings (SSSR count). The van der Waals surface area contributed by atoms with Crippen LogP contribution in [0.15, 0.2) is 0 Å². The number of phosphoric acid groups is 1. The van der Waals surface area contributed by atoms with E-state index in [1.54, 1.807) is 0 Å². The van der Waals surface area contributed by atoms with Gasteiger partial charge in [-0.25, -0.2) is 0 Å². The molecule has 0 radical (unpaired) electrons. The maximum Gasteiger partial charge on any atom is 0.187 e. The molecule has 2 heterocycles. The summed E-state index contributed by atoms with van der Waals surface area (Å²) < 4.78 is 29.7. The minimum atomic E-state index is -5.42. The molecule has 7 N–H and O–H groups in total. The smallest absolute Gasteiger partial charge is 0.187 e. The molecule has 2 aliphatic heterocycles. The summed E-state index contributed by atoms with van der Waals surface area (Å²) in [4.78, 5) is 21.1. The minimum Gasteiger partial charge on any atom is -0.790 e. The zero-order chi connectivity index (χ0) is 20.5. The van der Waals surface area contributed by atoms with Gasteiger partial charge in [0.2, 0.25) is 0 Å². The maximum absolute atomic E-state index is 10.6. The first kappa shape index (κ1) is 23.0. The van der Waals surface area contributed by atoms with E-state index in [2.05, 4.69) is 4.52 Å². The van der Waals surface area contributed by atoms with Crippen molar-refractivity contribution in [1.29, 1.82) is 0 Å². The van der Waals surface area contributed by atoms with E-state index in [4.69, 9.17) is 14.2 Å². The highest BCUT2D eigenvalue weighted by molar-refractivity contribution is 7.43. The van der Waals surface area contributed by atoms with Crippen molar-refractivity contribution in [1.82, 2.24) is 0 Å². The third-order valence-electron chi connectivity index (χ3n) is 4.20. The van der Waals surface area contributed by atoms with Crippen LogP contribution in [0.25, 0.3) is 0 Å². The van der Waals surface area contributed by atoms with Gasteiger partial charge in [0.1, 0.15) is 48.8 Å². The fourth-order valence-electron chi connectivity index (χ4n) is 2.72. The molecule has 15 heteroatoms. The molecule has 2 fully saturated rings. The summed E-state index contributed by atoms with van der Waals surface area (Å²) in [5, 5.41) is 68.0. The number of ether oxygens (including phenoxy) is 3. The fourth-order valence-corrected chi connectivity index (χ4v) is 3.05. The molecular formula is C12H21O14P-2. The zero-order valence-corrected chi connectivity index (χ0v) is 14.5. The molecule has 0 spiro atoms. The van der Waals surface area contributed by atoms with Crippen LogP contribution >= 0.6 is 7.82 Å². The summed E-state index contributed by atoms with van der Waals surface area (Å²) in [6.45, 7) is -1.77. The largest absolute Gasteiger partial charge is 0.790 e. The quantitative estimate of drug-likeness (QED) is 0.198. The van der Waals surface area contributed by atoms with E-state index in [9.17, 15) is 50.1 Å². The number of hydrogen-bond donors (Lipinski definition) is 7. The molecule has 0 unspecified atom stereocenters. The van der Waals surface area contributed by atoms with E-state index < -0.39 is 82.4 Å². The van der Waals surface area contributed by atoms with Crippen molar-refractivity contribution in [2.75, 3.05) is 13.2 Å². The molecule has 0 aromatic rings. The molecule has 0 bridgehead atoms. The van der Waals surface area contributed by atoms with Crippen molar-refractivity contribution in [3.63, 3.8) is 0 Å². The Morgan fingerprint density at radius 3 is 2.04 bits per heavy atom. The van der Waals surface area contributed by atoms with Crippen LogP contribution in [-0.2, 0) is 23.3 Å². The number of rotatable bonds is 6. The first-order chi connectivity index (χ1) is 12.5. The summed E-state index contributed by atoms with van der Waals surface area (Å²) >= 11 is 0. The second-order valence-corrected chi connectivity index (χ2v) is 7.24. The average Bonchev–Trinajstić information content (AvgIpc) is 2.60. The van der Waals surface area contributed by atoms with Crippen LogP contribution in [0.3, 0.4) is 0 Å². The van der Waals surface area contributed by atoms with Crippen molar-refractivity contribution in [3.05, 3.63) is 0 Å². The van der Waals surface area contributed by atoms with Gasteiger partial charge in [-0.2, -0.15) is 0 Å². The molecule has 0 aromatic carbocycles. The van der Waals surface area contributed by atoms with Gasteiger partial charge in [-0.3, -0.25) is 0 Å². The third kappa shape index (κ3) is 5.41. The van der Waals surface area contributed by atoms with Crippen LogP contribution in [0.1, 0.15) is 0 Å². The Morgan fingerprint density at radius 2 is 1.48 bits per heavy atom. The molecule has 10 atom stereocenters. The minimum absolute atomic E-state index is 0.776. The molecule has 160 valence electrons. The van der Waals surface area contributed by atoms with Gasteiger partial charge in [0.15, 0.2) is 12.6 Å². The number of phosphoric ester groups is 1. The van der Waals surface area contributed by atoms with Gasteiger partial charge in [-0.15, -0.1) is 0 Å². The van der Waals surface area contributed by atoms with Crippen molar-refractivity contribution in [2.45, 2.75) is 61.4 Å². The Morgan fingerprint density at radius 1 is 0.852 bits per heavy atom. The lowest BCUT2D eigenvalue weighted by Crippen LogP contribution is -2.64. The van der Waals surface area contributed by atoms with E-state index in [0.29, 0.717) is 0 Å². The highest BCUT2D eigenvalue weighted by atomic mass is 31.2. The van der Waals surface area contributed by atoms with Gasteiger partial charge < -0.3 is 68.8 Å². The highest BCUT2D eigenvalue weighted by Crippen LogP contribution is 2.31. The van der Waals surface area contributed by atoms with Gasteiger partial charge in [0, 0.05) is 0 Å². The molecule has 27 heavy (non-hydrogen) atoms. The number of aliphatic hydroxyl groups is 7. The SMILES string of the molecule is O=P([O-])([O-])OC[C@H]1O[C@H](O[C@H]2[C@H](O)[C@@H](O)[C@H](O)O[C@@H]2CO)[C@H](O)[C@@H](O)[C@@H]1O. The van der Waals surface area contributed by atoms with Gasteiger partial charge in [0.25, 0.3) is 0 Å². The van der Waals surface area contributed by atoms with Crippen LogP contribution in [-0.4, -0.2) is 110 Å². The Balaban J connectivity index is 2.11. The van der Waals surface area contributed by atoms with Crippen LogP contribution in [0.4, 0.5) is 0 Å². The lowest BCUT2D eigenvalue weighted by Gasteiger charge is -2.45. The predicted molar refractivity (Wildman–Crippen MR) is 75.1 cm³/mol. The number of aliphatic hydroxyl groups excluding tert-OH is 7. The van der Waals surface area contributed by atoms with E-state index in [1.807, 2.05) is 0 Å². The second-order valence-electron chi connectivity index (χ2n) is 6.09. The molecule has 2 aliphatic rings. The predicted octanol–water partition coefficient (Wildman–Crippen LogP) is -6.54. The molecule has 0 saturated carbocycles.